The Balaban J connectivity index is 1.19. The number of halogens is 1. The van der Waals surface area contributed by atoms with Crippen LogP contribution in [0.2, 0.25) is 0 Å². The molecule has 1 saturated carbocycles. The van der Waals surface area contributed by atoms with Crippen molar-refractivity contribution in [3.8, 4) is 0 Å². The minimum absolute atomic E-state index is 0.0905. The van der Waals surface area contributed by atoms with Crippen LogP contribution in [-0.2, 0) is 0 Å². The number of aromatic nitrogens is 1. The highest BCUT2D eigenvalue weighted by Crippen LogP contribution is 2.42. The molecule has 1 spiro atoms. The average molecular weight is 466 g/mol. The Labute approximate surface area is 188 Å². The van der Waals surface area contributed by atoms with E-state index in [4.69, 9.17) is 0 Å². The fraction of sp³-hybridized carbons (Fsp3) is 0.591. The van der Waals surface area contributed by atoms with Gasteiger partial charge in [-0.25, -0.2) is 9.11 Å². The van der Waals surface area contributed by atoms with Gasteiger partial charge in [0.05, 0.1) is 11.1 Å². The van der Waals surface area contributed by atoms with Crippen LogP contribution in [0.3, 0.4) is 0 Å². The van der Waals surface area contributed by atoms with E-state index in [2.05, 4.69) is 24.6 Å². The lowest BCUT2D eigenvalue weighted by Gasteiger charge is -2.45. The standard InChI is InChI=1S/C22H32FN5O3S/c1-14-5-6-18(23)17-12-19(26-20(14)17)21(29)25-15-3-2-4-16(11-15)28-9-7-22(8-10-28)13-24-32(30,31)27-22/h5-6,12,15-16,24,26-27,30-31H,2-4,7-11,13H2,1H3,(H,25,29)/t15-,16+/m1/s1. The number of rotatable bonds is 3. The quantitative estimate of drug-likeness (QED) is 0.415. The highest BCUT2D eigenvalue weighted by atomic mass is 32.3. The van der Waals surface area contributed by atoms with Crippen molar-refractivity contribution in [1.29, 1.82) is 0 Å². The van der Waals surface area contributed by atoms with Crippen molar-refractivity contribution in [3.05, 3.63) is 35.3 Å². The van der Waals surface area contributed by atoms with E-state index in [0.717, 1.165) is 57.2 Å². The van der Waals surface area contributed by atoms with Gasteiger partial charge in [-0.2, -0.15) is 4.72 Å². The second-order valence-corrected chi connectivity index (χ2v) is 11.2. The SMILES string of the molecule is Cc1ccc(F)c2cc(C(=O)N[C@@H]3CCC[C@H](N4CCC5(CC4)CNS(O)(O)N5)C3)[nH]c12. The van der Waals surface area contributed by atoms with Gasteiger partial charge in [-0.15, -0.1) is 0 Å². The Morgan fingerprint density at radius 1 is 1.28 bits per heavy atom. The second kappa shape index (κ2) is 8.27. The summed E-state index contributed by atoms with van der Waals surface area (Å²) >= 11 is 0. The van der Waals surface area contributed by atoms with E-state index < -0.39 is 11.0 Å². The number of carbonyl (C=O) groups is 1. The van der Waals surface area contributed by atoms with Gasteiger partial charge in [0.2, 0.25) is 0 Å². The predicted octanol–water partition coefficient (Wildman–Crippen LogP) is 3.26. The molecule has 176 valence electrons. The number of fused-ring (bicyclic) bond motifs is 1. The van der Waals surface area contributed by atoms with Gasteiger partial charge in [0, 0.05) is 37.1 Å². The lowest BCUT2D eigenvalue weighted by Crippen LogP contribution is -2.55. The van der Waals surface area contributed by atoms with Crippen LogP contribution < -0.4 is 14.8 Å². The summed E-state index contributed by atoms with van der Waals surface area (Å²) in [5.41, 5.74) is 1.74. The summed E-state index contributed by atoms with van der Waals surface area (Å²) < 4.78 is 39.6. The number of hydrogen-bond acceptors (Lipinski definition) is 6. The van der Waals surface area contributed by atoms with Gasteiger partial charge in [-0.05, 0) is 63.1 Å². The molecule has 1 aromatic heterocycles. The third kappa shape index (κ3) is 4.27. The smallest absolute Gasteiger partial charge is 0.267 e. The fourth-order valence-electron chi connectivity index (χ4n) is 5.55. The maximum absolute atomic E-state index is 14.1. The highest BCUT2D eigenvalue weighted by Gasteiger charge is 2.44. The van der Waals surface area contributed by atoms with Crippen molar-refractivity contribution in [1.82, 2.24) is 24.6 Å². The number of piperidine rings is 1. The zero-order valence-electron chi connectivity index (χ0n) is 18.3. The summed E-state index contributed by atoms with van der Waals surface area (Å²) in [6.07, 6.45) is 5.73. The second-order valence-electron chi connectivity index (χ2n) is 9.62. The first-order chi connectivity index (χ1) is 15.2. The summed E-state index contributed by atoms with van der Waals surface area (Å²) in [6.45, 7) is 4.28. The Kier molecular flexibility index (Phi) is 5.71. The van der Waals surface area contributed by atoms with E-state index >= 15 is 0 Å². The molecule has 2 aliphatic heterocycles. The molecule has 2 aromatic rings. The summed E-state index contributed by atoms with van der Waals surface area (Å²) in [6, 6.07) is 5.24. The van der Waals surface area contributed by atoms with Crippen molar-refractivity contribution in [2.24, 2.45) is 0 Å². The van der Waals surface area contributed by atoms with Gasteiger partial charge < -0.3 is 15.2 Å². The molecular formula is C22H32FN5O3S. The molecular weight excluding hydrogens is 433 g/mol. The van der Waals surface area contributed by atoms with E-state index in [0.29, 0.717) is 29.2 Å². The lowest BCUT2D eigenvalue weighted by molar-refractivity contribution is 0.0773. The molecule has 0 bridgehead atoms. The first-order valence-electron chi connectivity index (χ1n) is 11.4. The lowest BCUT2D eigenvalue weighted by atomic mass is 9.84. The third-order valence-electron chi connectivity index (χ3n) is 7.42. The molecule has 0 radical (unpaired) electrons. The Morgan fingerprint density at radius 3 is 2.75 bits per heavy atom. The normalized spacial score (nSPS) is 28.8. The van der Waals surface area contributed by atoms with Crippen molar-refractivity contribution in [3.63, 3.8) is 0 Å². The third-order valence-corrected chi connectivity index (χ3v) is 8.68. The fourth-order valence-corrected chi connectivity index (χ4v) is 6.98. The molecule has 32 heavy (non-hydrogen) atoms. The molecule has 5 rings (SSSR count). The number of nitrogens with one attached hydrogen (secondary N) is 4. The number of H-pyrrole nitrogens is 1. The van der Waals surface area contributed by atoms with Crippen LogP contribution in [0.5, 0.6) is 0 Å². The first kappa shape index (κ1) is 22.1. The molecule has 3 fully saturated rings. The van der Waals surface area contributed by atoms with Crippen LogP contribution in [0.25, 0.3) is 10.9 Å². The molecule has 3 heterocycles. The number of hydrogen-bond donors (Lipinski definition) is 6. The molecule has 3 aliphatic rings. The van der Waals surface area contributed by atoms with Crippen LogP contribution in [0.4, 0.5) is 4.39 Å². The number of likely N-dealkylation sites (tertiary alicyclic amines) is 1. The van der Waals surface area contributed by atoms with Gasteiger partial charge >= 0.3 is 0 Å². The van der Waals surface area contributed by atoms with Crippen LogP contribution in [0.1, 0.15) is 54.6 Å². The molecule has 2 saturated heterocycles. The van der Waals surface area contributed by atoms with E-state index in [9.17, 15) is 18.3 Å². The van der Waals surface area contributed by atoms with E-state index in [-0.39, 0.29) is 23.3 Å². The number of benzene rings is 1. The number of aromatic amines is 1. The molecule has 8 nitrogen and oxygen atoms in total. The summed E-state index contributed by atoms with van der Waals surface area (Å²) in [4.78, 5) is 18.5. The topological polar surface area (TPSA) is 113 Å². The van der Waals surface area contributed by atoms with Crippen LogP contribution >= 0.6 is 11.0 Å². The van der Waals surface area contributed by atoms with Gasteiger partial charge in [-0.3, -0.25) is 13.9 Å². The molecule has 0 unspecified atom stereocenters. The van der Waals surface area contributed by atoms with Crippen molar-refractivity contribution in [2.75, 3.05) is 19.6 Å². The maximum Gasteiger partial charge on any atom is 0.267 e. The Bertz CT molecular complexity index is 981. The zero-order chi connectivity index (χ0) is 22.5. The maximum atomic E-state index is 14.1. The van der Waals surface area contributed by atoms with Crippen molar-refractivity contribution < 1.29 is 18.3 Å². The van der Waals surface area contributed by atoms with Crippen molar-refractivity contribution in [2.45, 2.75) is 63.1 Å². The highest BCUT2D eigenvalue weighted by molar-refractivity contribution is 8.21. The van der Waals surface area contributed by atoms with Crippen LogP contribution in [0.15, 0.2) is 18.2 Å². The van der Waals surface area contributed by atoms with E-state index in [1.165, 1.54) is 6.07 Å². The Morgan fingerprint density at radius 2 is 2.06 bits per heavy atom. The van der Waals surface area contributed by atoms with Crippen LogP contribution in [-0.4, -0.2) is 62.2 Å². The predicted molar refractivity (Wildman–Crippen MR) is 124 cm³/mol. The monoisotopic (exact) mass is 465 g/mol. The molecule has 1 aliphatic carbocycles. The van der Waals surface area contributed by atoms with Crippen LogP contribution in [0, 0.1) is 12.7 Å². The van der Waals surface area contributed by atoms with Gasteiger partial charge in [0.25, 0.3) is 5.91 Å². The zero-order valence-corrected chi connectivity index (χ0v) is 19.1. The summed E-state index contributed by atoms with van der Waals surface area (Å²) in [7, 11) is -2.85. The first-order valence-corrected chi connectivity index (χ1v) is 12.9. The molecule has 6 N–H and O–H groups in total. The molecule has 10 heteroatoms. The minimum Gasteiger partial charge on any atom is -0.350 e. The average Bonchev–Trinajstić information content (AvgIpc) is 3.34. The van der Waals surface area contributed by atoms with Gasteiger partial charge in [0.15, 0.2) is 0 Å². The molecule has 1 aromatic carbocycles. The molecule has 2 atom stereocenters. The number of nitrogens with zero attached hydrogens (tertiary/aromatic N) is 1. The largest absolute Gasteiger partial charge is 0.350 e. The Hall–Kier alpha value is -1.69. The van der Waals surface area contributed by atoms with Crippen molar-refractivity contribution >= 4 is 27.8 Å². The minimum atomic E-state index is -2.85. The number of amides is 1. The van der Waals surface area contributed by atoms with E-state index in [1.54, 1.807) is 12.1 Å². The number of carbonyl (C=O) groups excluding carboxylic acids is 1. The molecule has 1 amide bonds. The summed E-state index contributed by atoms with van der Waals surface area (Å²) in [5.74, 6) is -0.510. The van der Waals surface area contributed by atoms with Gasteiger partial charge in [0.1, 0.15) is 11.5 Å². The number of aryl methyl sites for hydroxylation is 1. The summed E-state index contributed by atoms with van der Waals surface area (Å²) in [5, 5.41) is 3.61. The van der Waals surface area contributed by atoms with Gasteiger partial charge in [-0.1, -0.05) is 17.0 Å². The van der Waals surface area contributed by atoms with E-state index in [1.807, 2.05) is 6.92 Å².